The second kappa shape index (κ2) is 12.5. The highest BCUT2D eigenvalue weighted by Gasteiger charge is 2.38. The summed E-state index contributed by atoms with van der Waals surface area (Å²) in [5.41, 5.74) is 2.09. The van der Waals surface area contributed by atoms with Crippen molar-refractivity contribution < 1.29 is 33.8 Å². The first-order valence-corrected chi connectivity index (χ1v) is 11.4. The van der Waals surface area contributed by atoms with Crippen LogP contribution in [0.25, 0.3) is 6.08 Å². The van der Waals surface area contributed by atoms with Gasteiger partial charge in [-0.25, -0.2) is 9.59 Å². The van der Waals surface area contributed by atoms with Gasteiger partial charge in [0.2, 0.25) is 0 Å². The molecule has 0 aromatic heterocycles. The van der Waals surface area contributed by atoms with Crippen LogP contribution < -0.4 is 5.32 Å². The first kappa shape index (κ1) is 27.2. The lowest BCUT2D eigenvalue weighted by Gasteiger charge is -2.30. The molecule has 0 bridgehead atoms. The lowest BCUT2D eigenvalue weighted by atomic mass is 9.80. The predicted molar refractivity (Wildman–Crippen MR) is 135 cm³/mol. The molecule has 0 saturated carbocycles. The lowest BCUT2D eigenvalue weighted by molar-refractivity contribution is -0.384. The molecule has 3 rings (SSSR count). The van der Waals surface area contributed by atoms with Gasteiger partial charge in [-0.1, -0.05) is 30.3 Å². The molecule has 0 fully saturated rings. The van der Waals surface area contributed by atoms with Gasteiger partial charge in [0, 0.05) is 30.6 Å². The number of nitro benzene ring substituents is 1. The van der Waals surface area contributed by atoms with Crippen LogP contribution in [0.15, 0.2) is 77.1 Å². The molecule has 0 spiro atoms. The molecule has 10 nitrogen and oxygen atoms in total. The molecule has 2 N–H and O–H groups in total. The molecule has 1 atom stereocenters. The predicted octanol–water partition coefficient (Wildman–Crippen LogP) is 3.98. The molecule has 1 aliphatic rings. The van der Waals surface area contributed by atoms with Crippen LogP contribution in [-0.2, 0) is 23.8 Å². The Bertz CT molecular complexity index is 1280. The number of nitro groups is 1. The van der Waals surface area contributed by atoms with E-state index in [0.29, 0.717) is 17.0 Å². The first-order chi connectivity index (χ1) is 17.7. The van der Waals surface area contributed by atoms with E-state index in [-0.39, 0.29) is 42.4 Å². The average Bonchev–Trinajstić information content (AvgIpc) is 2.86. The molecule has 1 heterocycles. The number of hydrogen-bond donors (Lipinski definition) is 2. The Kier molecular flexibility index (Phi) is 9.17. The van der Waals surface area contributed by atoms with Crippen molar-refractivity contribution >= 4 is 23.7 Å². The number of carbonyl (C=O) groups is 2. The van der Waals surface area contributed by atoms with Gasteiger partial charge >= 0.3 is 11.9 Å². The molecule has 2 aromatic rings. The number of carbonyl (C=O) groups excluding carboxylic acids is 2. The minimum absolute atomic E-state index is 0.00389. The molecule has 0 radical (unpaired) electrons. The molecule has 2 aromatic carbocycles. The molecule has 194 valence electrons. The Morgan fingerprint density at radius 3 is 2.35 bits per heavy atom. The fourth-order valence-electron chi connectivity index (χ4n) is 4.00. The minimum Gasteiger partial charge on any atom is -0.508 e. The number of rotatable bonds is 10. The third-order valence-electron chi connectivity index (χ3n) is 5.63. The third kappa shape index (κ3) is 6.83. The number of methoxy groups -OCH3 is 1. The molecule has 37 heavy (non-hydrogen) atoms. The number of ether oxygens (including phenoxy) is 3. The van der Waals surface area contributed by atoms with Crippen molar-refractivity contribution in [1.29, 1.82) is 0 Å². The van der Waals surface area contributed by atoms with Crippen LogP contribution in [0.1, 0.15) is 30.9 Å². The van der Waals surface area contributed by atoms with Gasteiger partial charge in [0.05, 0.1) is 28.6 Å². The number of aromatic hydroxyl groups is 1. The topological polar surface area (TPSA) is 137 Å². The van der Waals surface area contributed by atoms with Gasteiger partial charge in [0.15, 0.2) is 0 Å². The van der Waals surface area contributed by atoms with Gasteiger partial charge in [-0.05, 0) is 43.2 Å². The molecular weight excluding hydrogens is 480 g/mol. The van der Waals surface area contributed by atoms with Gasteiger partial charge < -0.3 is 24.6 Å². The van der Waals surface area contributed by atoms with Gasteiger partial charge in [-0.3, -0.25) is 10.1 Å². The number of nitrogens with one attached hydrogen (secondary N) is 1. The number of allylic oxidation sites excluding steroid dienone is 2. The summed E-state index contributed by atoms with van der Waals surface area (Å²) < 4.78 is 15.8. The summed E-state index contributed by atoms with van der Waals surface area (Å²) in [4.78, 5) is 37.3. The van der Waals surface area contributed by atoms with E-state index in [1.54, 1.807) is 56.3 Å². The van der Waals surface area contributed by atoms with E-state index >= 15 is 0 Å². The Morgan fingerprint density at radius 1 is 1.03 bits per heavy atom. The first-order valence-electron chi connectivity index (χ1n) is 11.4. The average molecular weight is 509 g/mol. The lowest BCUT2D eigenvalue weighted by Crippen LogP contribution is -2.32. The quantitative estimate of drug-likeness (QED) is 0.211. The highest BCUT2D eigenvalue weighted by molar-refractivity contribution is 6.00. The maximum Gasteiger partial charge on any atom is 0.337 e. The van der Waals surface area contributed by atoms with Crippen LogP contribution in [0, 0.1) is 10.1 Å². The summed E-state index contributed by atoms with van der Waals surface area (Å²) in [5, 5.41) is 24.1. The Morgan fingerprint density at radius 2 is 1.70 bits per heavy atom. The fraction of sp³-hybridized carbons (Fsp3) is 0.259. The molecule has 1 unspecified atom stereocenters. The molecule has 0 saturated heterocycles. The van der Waals surface area contributed by atoms with E-state index in [4.69, 9.17) is 14.2 Å². The van der Waals surface area contributed by atoms with Gasteiger partial charge in [0.1, 0.15) is 19.0 Å². The number of phenols is 1. The van der Waals surface area contributed by atoms with E-state index in [1.807, 2.05) is 0 Å². The number of benzene rings is 2. The number of esters is 2. The largest absolute Gasteiger partial charge is 0.508 e. The summed E-state index contributed by atoms with van der Waals surface area (Å²) in [6, 6.07) is 12.3. The zero-order valence-electron chi connectivity index (χ0n) is 20.7. The van der Waals surface area contributed by atoms with Crippen molar-refractivity contribution in [1.82, 2.24) is 5.32 Å². The van der Waals surface area contributed by atoms with Crippen LogP contribution in [0.2, 0.25) is 0 Å². The molecular formula is C27H28N2O8. The SMILES string of the molecule is COCCOC(=O)C1=C(C)NC(C)=C(C(=O)OC/C=C/c2cccc(O)c2)C1c1cccc([N+](=O)[O-])c1. The molecule has 1 aliphatic heterocycles. The number of nitrogens with zero attached hydrogens (tertiary/aromatic N) is 1. The number of non-ortho nitro benzene ring substituents is 1. The smallest absolute Gasteiger partial charge is 0.337 e. The summed E-state index contributed by atoms with van der Waals surface area (Å²) in [6.45, 7) is 3.43. The molecule has 10 heteroatoms. The van der Waals surface area contributed by atoms with E-state index in [2.05, 4.69) is 5.32 Å². The Labute approximate surface area is 214 Å². The van der Waals surface area contributed by atoms with Crippen LogP contribution in [-0.4, -0.2) is 48.9 Å². The highest BCUT2D eigenvalue weighted by atomic mass is 16.6. The van der Waals surface area contributed by atoms with Crippen molar-refractivity contribution in [2.24, 2.45) is 0 Å². The maximum absolute atomic E-state index is 13.3. The number of phenolic OH excluding ortho intramolecular Hbond substituents is 1. The van der Waals surface area contributed by atoms with Gasteiger partial charge in [0.25, 0.3) is 5.69 Å². The monoisotopic (exact) mass is 508 g/mol. The minimum atomic E-state index is -0.959. The number of dihydropyridines is 1. The standard InChI is InChI=1S/C27H28N2O8/c1-17-23(26(31)36-12-6-8-19-7-4-11-22(30)15-19)25(20-9-5-10-21(16-20)29(33)34)24(18(2)28-17)27(32)37-14-13-35-3/h4-11,15-16,25,28,30H,12-14H2,1-3H3/b8-6+. The second-order valence-electron chi connectivity index (χ2n) is 8.21. The Hall–Kier alpha value is -4.44. The molecule has 0 aliphatic carbocycles. The summed E-state index contributed by atoms with van der Waals surface area (Å²) >= 11 is 0. The zero-order valence-corrected chi connectivity index (χ0v) is 20.7. The van der Waals surface area contributed by atoms with Crippen molar-refractivity contribution in [3.63, 3.8) is 0 Å². The van der Waals surface area contributed by atoms with Crippen molar-refractivity contribution in [2.75, 3.05) is 26.9 Å². The van der Waals surface area contributed by atoms with Crippen LogP contribution >= 0.6 is 0 Å². The third-order valence-corrected chi connectivity index (χ3v) is 5.63. The highest BCUT2D eigenvalue weighted by Crippen LogP contribution is 2.40. The fourth-order valence-corrected chi connectivity index (χ4v) is 4.00. The number of hydrogen-bond acceptors (Lipinski definition) is 9. The maximum atomic E-state index is 13.3. The van der Waals surface area contributed by atoms with Crippen molar-refractivity contribution in [3.05, 3.63) is 98.4 Å². The van der Waals surface area contributed by atoms with E-state index in [0.717, 1.165) is 5.56 Å². The van der Waals surface area contributed by atoms with Gasteiger partial charge in [-0.15, -0.1) is 0 Å². The van der Waals surface area contributed by atoms with Gasteiger partial charge in [-0.2, -0.15) is 0 Å². The normalized spacial score (nSPS) is 15.5. The van der Waals surface area contributed by atoms with Crippen molar-refractivity contribution in [3.8, 4) is 5.75 Å². The Balaban J connectivity index is 1.93. The van der Waals surface area contributed by atoms with Crippen LogP contribution in [0.4, 0.5) is 5.69 Å². The van der Waals surface area contributed by atoms with Crippen LogP contribution in [0.3, 0.4) is 0 Å². The van der Waals surface area contributed by atoms with Crippen LogP contribution in [0.5, 0.6) is 5.75 Å². The summed E-state index contributed by atoms with van der Waals surface area (Å²) in [5.74, 6) is -2.23. The van der Waals surface area contributed by atoms with E-state index in [9.17, 15) is 24.8 Å². The zero-order chi connectivity index (χ0) is 26.9. The van der Waals surface area contributed by atoms with E-state index in [1.165, 1.54) is 25.3 Å². The molecule has 0 amide bonds. The summed E-state index contributed by atoms with van der Waals surface area (Å²) in [6.07, 6.45) is 3.30. The van der Waals surface area contributed by atoms with E-state index < -0.39 is 22.8 Å². The summed E-state index contributed by atoms with van der Waals surface area (Å²) in [7, 11) is 1.47. The second-order valence-corrected chi connectivity index (χ2v) is 8.21. The van der Waals surface area contributed by atoms with Crippen molar-refractivity contribution in [2.45, 2.75) is 19.8 Å².